The lowest BCUT2D eigenvalue weighted by molar-refractivity contribution is 0.0953. The van der Waals surface area contributed by atoms with E-state index in [0.29, 0.717) is 24.0 Å². The minimum atomic E-state index is -0.104. The van der Waals surface area contributed by atoms with Crippen molar-refractivity contribution in [3.63, 3.8) is 0 Å². The van der Waals surface area contributed by atoms with E-state index in [1.165, 1.54) is 0 Å². The normalized spacial score (nSPS) is 13.3. The molecule has 0 aromatic carbocycles. The number of thiophene rings is 1. The van der Waals surface area contributed by atoms with Crippen molar-refractivity contribution in [2.45, 2.75) is 32.1 Å². The van der Waals surface area contributed by atoms with Crippen LogP contribution in [0.25, 0.3) is 16.5 Å². The number of carbonyl (C=O) groups excluding carboxylic acids is 1. The zero-order valence-corrected chi connectivity index (χ0v) is 18.0. The molecule has 31 heavy (non-hydrogen) atoms. The molecule has 0 radical (unpaired) electrons. The van der Waals surface area contributed by atoms with Gasteiger partial charge in [-0.25, -0.2) is 14.6 Å². The minimum absolute atomic E-state index is 0.104. The quantitative estimate of drug-likeness (QED) is 0.480. The summed E-state index contributed by atoms with van der Waals surface area (Å²) in [7, 11) is 0. The molecular weight excluding hydrogens is 408 g/mol. The van der Waals surface area contributed by atoms with E-state index in [0.717, 1.165) is 46.7 Å². The van der Waals surface area contributed by atoms with Gasteiger partial charge in [0.15, 0.2) is 0 Å². The highest BCUT2D eigenvalue weighted by Gasteiger charge is 2.33. The van der Waals surface area contributed by atoms with Crippen molar-refractivity contribution in [1.29, 1.82) is 0 Å². The number of amides is 1. The molecule has 0 saturated heterocycles. The molecule has 1 N–H and O–H groups in total. The maximum atomic E-state index is 12.9. The Bertz CT molecular complexity index is 1200. The second-order valence-corrected chi connectivity index (χ2v) is 8.62. The van der Waals surface area contributed by atoms with Gasteiger partial charge in [0.25, 0.3) is 11.9 Å². The summed E-state index contributed by atoms with van der Waals surface area (Å²) < 4.78 is 1.74. The molecule has 0 aliphatic heterocycles. The van der Waals surface area contributed by atoms with Gasteiger partial charge in [0.05, 0.1) is 28.0 Å². The fourth-order valence-corrected chi connectivity index (χ4v) is 4.38. The lowest BCUT2D eigenvalue weighted by Crippen LogP contribution is -2.26. The average molecular weight is 431 g/mol. The maximum Gasteiger partial charge on any atom is 0.254 e. The lowest BCUT2D eigenvalue weighted by atomic mass is 10.1. The van der Waals surface area contributed by atoms with Crippen molar-refractivity contribution in [3.8, 4) is 16.5 Å². The Labute approximate surface area is 184 Å². The molecule has 8 heteroatoms. The Morgan fingerprint density at radius 3 is 2.81 bits per heavy atom. The zero-order chi connectivity index (χ0) is 21.2. The predicted molar refractivity (Wildman–Crippen MR) is 119 cm³/mol. The van der Waals surface area contributed by atoms with Crippen LogP contribution >= 0.6 is 11.3 Å². The molecule has 1 aliphatic rings. The summed E-state index contributed by atoms with van der Waals surface area (Å²) in [5, 5.41) is 9.58. The van der Waals surface area contributed by atoms with E-state index in [1.807, 2.05) is 36.7 Å². The molecule has 1 amide bonds. The van der Waals surface area contributed by atoms with Crippen LogP contribution in [-0.4, -0.2) is 37.2 Å². The van der Waals surface area contributed by atoms with Gasteiger partial charge in [-0.2, -0.15) is 5.10 Å². The van der Waals surface area contributed by atoms with Crippen LogP contribution in [0.5, 0.6) is 0 Å². The van der Waals surface area contributed by atoms with E-state index >= 15 is 0 Å². The molecule has 156 valence electrons. The van der Waals surface area contributed by atoms with Gasteiger partial charge in [-0.15, -0.1) is 11.3 Å². The molecule has 1 fully saturated rings. The molecule has 4 heterocycles. The van der Waals surface area contributed by atoms with E-state index in [2.05, 4.69) is 26.4 Å². The van der Waals surface area contributed by atoms with Crippen LogP contribution in [0.2, 0.25) is 0 Å². The molecule has 0 unspecified atom stereocenters. The van der Waals surface area contributed by atoms with E-state index in [9.17, 15) is 4.79 Å². The SMILES string of the molecule is Cc1cnc(-n2ncc(C(=O)NCCc3ccncc3)c2C2CC2)nc1-c1cccs1. The van der Waals surface area contributed by atoms with Gasteiger partial charge in [0, 0.05) is 31.1 Å². The van der Waals surface area contributed by atoms with Gasteiger partial charge in [0.2, 0.25) is 0 Å². The lowest BCUT2D eigenvalue weighted by Gasteiger charge is -2.10. The Kier molecular flexibility index (Phi) is 5.30. The third kappa shape index (κ3) is 4.11. The number of aryl methyl sites for hydroxylation is 1. The molecule has 1 saturated carbocycles. The standard InChI is InChI=1S/C23H22N6OS/c1-15-13-26-23(28-20(15)19-3-2-12-31-19)29-21(17-4-5-17)18(14-27-29)22(30)25-11-8-16-6-9-24-10-7-16/h2-3,6-7,9-10,12-14,17H,4-5,8,11H2,1H3,(H,25,30). The van der Waals surface area contributed by atoms with Crippen molar-refractivity contribution in [1.82, 2.24) is 30.0 Å². The summed E-state index contributed by atoms with van der Waals surface area (Å²) >= 11 is 1.65. The van der Waals surface area contributed by atoms with Crippen molar-refractivity contribution in [3.05, 3.63) is 76.8 Å². The Hall–Kier alpha value is -3.39. The third-order valence-electron chi connectivity index (χ3n) is 5.37. The van der Waals surface area contributed by atoms with E-state index in [1.54, 1.807) is 34.6 Å². The highest BCUT2D eigenvalue weighted by molar-refractivity contribution is 7.13. The number of rotatable bonds is 7. The molecule has 7 nitrogen and oxygen atoms in total. The number of hydrogen-bond acceptors (Lipinski definition) is 6. The van der Waals surface area contributed by atoms with Gasteiger partial charge in [-0.05, 0) is 60.9 Å². The summed E-state index contributed by atoms with van der Waals surface area (Å²) in [6, 6.07) is 7.98. The highest BCUT2D eigenvalue weighted by Crippen LogP contribution is 2.42. The van der Waals surface area contributed by atoms with Gasteiger partial charge in [-0.3, -0.25) is 9.78 Å². The largest absolute Gasteiger partial charge is 0.352 e. The molecule has 4 aromatic heterocycles. The van der Waals surface area contributed by atoms with Gasteiger partial charge >= 0.3 is 0 Å². The van der Waals surface area contributed by atoms with Crippen LogP contribution in [0.15, 0.2) is 54.4 Å². The second kappa shape index (κ2) is 8.39. The molecule has 4 aromatic rings. The number of nitrogens with one attached hydrogen (secondary N) is 1. The molecular formula is C23H22N6OS. The van der Waals surface area contributed by atoms with Crippen molar-refractivity contribution in [2.24, 2.45) is 0 Å². The van der Waals surface area contributed by atoms with Gasteiger partial charge in [0.1, 0.15) is 0 Å². The number of hydrogen-bond donors (Lipinski definition) is 1. The summed E-state index contributed by atoms with van der Waals surface area (Å²) in [5.74, 6) is 0.720. The fourth-order valence-electron chi connectivity index (χ4n) is 3.60. The van der Waals surface area contributed by atoms with Crippen LogP contribution in [-0.2, 0) is 6.42 Å². The smallest absolute Gasteiger partial charge is 0.254 e. The first kappa shape index (κ1) is 19.6. The Morgan fingerprint density at radius 1 is 1.23 bits per heavy atom. The Balaban J connectivity index is 1.40. The molecule has 0 atom stereocenters. The average Bonchev–Trinajstić information content (AvgIpc) is 3.30. The molecule has 0 spiro atoms. The van der Waals surface area contributed by atoms with Crippen LogP contribution < -0.4 is 5.32 Å². The number of pyridine rings is 1. The number of aromatic nitrogens is 5. The molecule has 1 aliphatic carbocycles. The third-order valence-corrected chi connectivity index (χ3v) is 6.24. The number of carbonyl (C=O) groups is 1. The predicted octanol–water partition coefficient (Wildman–Crippen LogP) is 3.94. The van der Waals surface area contributed by atoms with Crippen molar-refractivity contribution < 1.29 is 4.79 Å². The topological polar surface area (TPSA) is 85.6 Å². The maximum absolute atomic E-state index is 12.9. The van der Waals surface area contributed by atoms with E-state index in [-0.39, 0.29) is 5.91 Å². The first-order valence-corrected chi connectivity index (χ1v) is 11.2. The molecule has 5 rings (SSSR count). The molecule has 0 bridgehead atoms. The second-order valence-electron chi connectivity index (χ2n) is 7.67. The fraction of sp³-hybridized carbons (Fsp3) is 0.261. The summed E-state index contributed by atoms with van der Waals surface area (Å²) in [6.45, 7) is 2.56. The van der Waals surface area contributed by atoms with E-state index in [4.69, 9.17) is 4.98 Å². The van der Waals surface area contributed by atoms with Crippen LogP contribution in [0.4, 0.5) is 0 Å². The van der Waals surface area contributed by atoms with Crippen LogP contribution in [0.3, 0.4) is 0 Å². The summed E-state index contributed by atoms with van der Waals surface area (Å²) in [4.78, 5) is 27.4. The van der Waals surface area contributed by atoms with Crippen LogP contribution in [0, 0.1) is 6.92 Å². The number of nitrogens with zero attached hydrogens (tertiary/aromatic N) is 5. The first-order valence-electron chi connectivity index (χ1n) is 10.3. The van der Waals surface area contributed by atoms with Crippen molar-refractivity contribution in [2.75, 3.05) is 6.54 Å². The van der Waals surface area contributed by atoms with Gasteiger partial charge < -0.3 is 5.32 Å². The van der Waals surface area contributed by atoms with Crippen molar-refractivity contribution >= 4 is 17.2 Å². The van der Waals surface area contributed by atoms with E-state index < -0.39 is 0 Å². The minimum Gasteiger partial charge on any atom is -0.352 e. The monoisotopic (exact) mass is 430 g/mol. The Morgan fingerprint density at radius 2 is 2.06 bits per heavy atom. The highest BCUT2D eigenvalue weighted by atomic mass is 32.1. The van der Waals surface area contributed by atoms with Gasteiger partial charge in [-0.1, -0.05) is 6.07 Å². The summed E-state index contributed by atoms with van der Waals surface area (Å²) in [5.41, 5.74) is 4.57. The first-order chi connectivity index (χ1) is 15.2. The summed E-state index contributed by atoms with van der Waals surface area (Å²) in [6.07, 6.45) is 9.84. The zero-order valence-electron chi connectivity index (χ0n) is 17.2. The van der Waals surface area contributed by atoms with Crippen LogP contribution in [0.1, 0.15) is 45.9 Å².